The van der Waals surface area contributed by atoms with Gasteiger partial charge < -0.3 is 15.2 Å². The van der Waals surface area contributed by atoms with Crippen molar-refractivity contribution >= 4 is 6.09 Å². The smallest absolute Gasteiger partial charge is 0.407 e. The van der Waals surface area contributed by atoms with Crippen molar-refractivity contribution in [3.8, 4) is 0 Å². The number of hydrogen-bond donors (Lipinski definition) is 2. The number of amides is 1. The van der Waals surface area contributed by atoms with Crippen molar-refractivity contribution < 1.29 is 19.0 Å². The maximum absolute atomic E-state index is 12.5. The fourth-order valence-electron chi connectivity index (χ4n) is 0.548. The van der Waals surface area contributed by atoms with Gasteiger partial charge in [-0.1, -0.05) is 0 Å². The van der Waals surface area contributed by atoms with Crippen LogP contribution in [-0.2, 0) is 4.74 Å². The van der Waals surface area contributed by atoms with Crippen LogP contribution in [0.3, 0.4) is 0 Å². The van der Waals surface area contributed by atoms with Gasteiger partial charge in [0.25, 0.3) is 0 Å². The zero-order chi connectivity index (χ0) is 10.7. The number of halogens is 1. The SMILES string of the molecule is CC(C)(C)OC(=O)NC[C@](C)(O)F. The first kappa shape index (κ1) is 12.2. The predicted octanol–water partition coefficient (Wildman–Crippen LogP) is 1.19. The average Bonchev–Trinajstić information content (AvgIpc) is 1.78. The predicted molar refractivity (Wildman–Crippen MR) is 46.0 cm³/mol. The first-order valence-corrected chi connectivity index (χ1v) is 3.98. The third kappa shape index (κ3) is 9.07. The molecule has 1 atom stereocenters. The summed E-state index contributed by atoms with van der Waals surface area (Å²) in [7, 11) is 0. The number of hydrogen-bond acceptors (Lipinski definition) is 3. The second kappa shape index (κ2) is 3.91. The van der Waals surface area contributed by atoms with Crippen molar-refractivity contribution in [2.45, 2.75) is 39.2 Å². The summed E-state index contributed by atoms with van der Waals surface area (Å²) < 4.78 is 17.3. The molecule has 0 rings (SSSR count). The van der Waals surface area contributed by atoms with Gasteiger partial charge in [-0.15, -0.1) is 0 Å². The minimum absolute atomic E-state index is 0.484. The molecule has 0 spiro atoms. The van der Waals surface area contributed by atoms with Crippen molar-refractivity contribution in [3.63, 3.8) is 0 Å². The molecule has 0 fully saturated rings. The topological polar surface area (TPSA) is 58.6 Å². The Bertz CT molecular complexity index is 181. The van der Waals surface area contributed by atoms with Crippen LogP contribution in [0.25, 0.3) is 0 Å². The first-order chi connectivity index (χ1) is 5.60. The van der Waals surface area contributed by atoms with Crippen LogP contribution in [-0.4, -0.2) is 29.2 Å². The highest BCUT2D eigenvalue weighted by atomic mass is 19.2. The van der Waals surface area contributed by atoms with E-state index in [9.17, 15) is 9.18 Å². The van der Waals surface area contributed by atoms with Gasteiger partial charge in [0.05, 0.1) is 6.54 Å². The molecule has 0 aromatic carbocycles. The molecular formula is C8H16FNO3. The van der Waals surface area contributed by atoms with E-state index in [0.717, 1.165) is 6.92 Å². The number of alkyl carbamates (subject to hydrolysis) is 1. The fraction of sp³-hybridized carbons (Fsp3) is 0.875. The summed E-state index contributed by atoms with van der Waals surface area (Å²) in [5.74, 6) is -2.41. The van der Waals surface area contributed by atoms with E-state index in [1.54, 1.807) is 20.8 Å². The molecule has 5 heteroatoms. The highest BCUT2D eigenvalue weighted by molar-refractivity contribution is 5.67. The second-order valence-electron chi connectivity index (χ2n) is 4.00. The average molecular weight is 193 g/mol. The number of nitrogens with one attached hydrogen (secondary N) is 1. The molecule has 4 nitrogen and oxygen atoms in total. The van der Waals surface area contributed by atoms with E-state index in [0.29, 0.717) is 0 Å². The van der Waals surface area contributed by atoms with Gasteiger partial charge in [-0.2, -0.15) is 0 Å². The van der Waals surface area contributed by atoms with Crippen LogP contribution in [0.2, 0.25) is 0 Å². The molecule has 0 saturated heterocycles. The number of alkyl halides is 1. The molecule has 2 N–H and O–H groups in total. The van der Waals surface area contributed by atoms with Gasteiger partial charge in [-0.05, 0) is 27.7 Å². The first-order valence-electron chi connectivity index (χ1n) is 3.98. The van der Waals surface area contributed by atoms with Gasteiger partial charge in [0.2, 0.25) is 5.85 Å². The lowest BCUT2D eigenvalue weighted by Gasteiger charge is -2.21. The minimum Gasteiger partial charge on any atom is -0.444 e. The van der Waals surface area contributed by atoms with Crippen molar-refractivity contribution in [1.29, 1.82) is 0 Å². The summed E-state index contributed by atoms with van der Waals surface area (Å²) in [6.45, 7) is 5.55. The quantitative estimate of drug-likeness (QED) is 0.692. The number of carbonyl (C=O) groups excluding carboxylic acids is 1. The molecule has 0 aromatic rings. The largest absolute Gasteiger partial charge is 0.444 e. The van der Waals surface area contributed by atoms with E-state index >= 15 is 0 Å². The van der Waals surface area contributed by atoms with Crippen LogP contribution < -0.4 is 5.32 Å². The van der Waals surface area contributed by atoms with Gasteiger partial charge >= 0.3 is 6.09 Å². The van der Waals surface area contributed by atoms with Crippen molar-refractivity contribution in [1.82, 2.24) is 5.32 Å². The van der Waals surface area contributed by atoms with Crippen LogP contribution in [0, 0.1) is 0 Å². The molecule has 0 saturated carbocycles. The maximum atomic E-state index is 12.5. The Balaban J connectivity index is 3.78. The summed E-state index contributed by atoms with van der Waals surface area (Å²) in [4.78, 5) is 10.9. The zero-order valence-corrected chi connectivity index (χ0v) is 8.35. The molecule has 78 valence electrons. The Kier molecular flexibility index (Phi) is 3.66. The van der Waals surface area contributed by atoms with Crippen LogP contribution in [0.15, 0.2) is 0 Å². The van der Waals surface area contributed by atoms with E-state index in [1.807, 2.05) is 0 Å². The van der Waals surface area contributed by atoms with Crippen LogP contribution in [0.5, 0.6) is 0 Å². The highest BCUT2D eigenvalue weighted by Crippen LogP contribution is 2.07. The summed E-state index contributed by atoms with van der Waals surface area (Å²) in [6, 6.07) is 0. The molecule has 0 heterocycles. The number of ether oxygens (including phenoxy) is 1. The summed E-state index contributed by atoms with van der Waals surface area (Å²) in [6.07, 6.45) is -0.745. The summed E-state index contributed by atoms with van der Waals surface area (Å²) in [5.41, 5.74) is -0.619. The van der Waals surface area contributed by atoms with Gasteiger partial charge in [0, 0.05) is 0 Å². The fourth-order valence-corrected chi connectivity index (χ4v) is 0.548. The summed E-state index contributed by atoms with van der Waals surface area (Å²) >= 11 is 0. The molecule has 0 unspecified atom stereocenters. The Hall–Kier alpha value is -0.840. The van der Waals surface area contributed by atoms with Crippen LogP contribution in [0.4, 0.5) is 9.18 Å². The third-order valence-electron chi connectivity index (χ3n) is 0.954. The monoisotopic (exact) mass is 193 g/mol. The Labute approximate surface area is 77.1 Å². The molecular weight excluding hydrogens is 177 g/mol. The van der Waals surface area contributed by atoms with E-state index < -0.39 is 24.1 Å². The molecule has 0 aliphatic carbocycles. The maximum Gasteiger partial charge on any atom is 0.407 e. The van der Waals surface area contributed by atoms with Gasteiger partial charge in [-0.3, -0.25) is 0 Å². The molecule has 0 radical (unpaired) electrons. The molecule has 0 aliphatic heterocycles. The highest BCUT2D eigenvalue weighted by Gasteiger charge is 2.21. The van der Waals surface area contributed by atoms with E-state index in [1.165, 1.54) is 0 Å². The number of aliphatic hydroxyl groups is 1. The second-order valence-corrected chi connectivity index (χ2v) is 4.00. The van der Waals surface area contributed by atoms with E-state index in [-0.39, 0.29) is 0 Å². The van der Waals surface area contributed by atoms with Gasteiger partial charge in [-0.25, -0.2) is 9.18 Å². The number of rotatable bonds is 2. The van der Waals surface area contributed by atoms with Gasteiger partial charge in [0.15, 0.2) is 0 Å². The molecule has 13 heavy (non-hydrogen) atoms. The molecule has 0 aliphatic rings. The van der Waals surface area contributed by atoms with Crippen molar-refractivity contribution in [2.24, 2.45) is 0 Å². The van der Waals surface area contributed by atoms with Crippen molar-refractivity contribution in [2.75, 3.05) is 6.54 Å². The lowest BCUT2D eigenvalue weighted by atomic mass is 10.2. The Morgan fingerprint density at radius 1 is 1.46 bits per heavy atom. The zero-order valence-electron chi connectivity index (χ0n) is 8.35. The lowest BCUT2D eigenvalue weighted by Crippen LogP contribution is -2.40. The number of carbonyl (C=O) groups is 1. The minimum atomic E-state index is -2.41. The standard InChI is InChI=1S/C8H16FNO3/c1-7(2,3)13-6(11)10-5-8(4,9)12/h12H,5H2,1-4H3,(H,10,11)/t8-/m0/s1. The molecule has 0 aromatic heterocycles. The normalized spacial score (nSPS) is 16.2. The van der Waals surface area contributed by atoms with Crippen molar-refractivity contribution in [3.05, 3.63) is 0 Å². The van der Waals surface area contributed by atoms with E-state index in [2.05, 4.69) is 5.32 Å². The van der Waals surface area contributed by atoms with Gasteiger partial charge in [0.1, 0.15) is 5.60 Å². The lowest BCUT2D eigenvalue weighted by molar-refractivity contribution is -0.0682. The van der Waals surface area contributed by atoms with Crippen LogP contribution in [0.1, 0.15) is 27.7 Å². The molecule has 1 amide bonds. The van der Waals surface area contributed by atoms with Crippen LogP contribution >= 0.6 is 0 Å². The van der Waals surface area contributed by atoms with E-state index in [4.69, 9.17) is 9.84 Å². The third-order valence-corrected chi connectivity index (χ3v) is 0.954. The summed E-state index contributed by atoms with van der Waals surface area (Å²) in [5, 5.41) is 10.7. The Morgan fingerprint density at radius 3 is 2.23 bits per heavy atom. The Morgan fingerprint density at radius 2 is 1.92 bits per heavy atom. The molecule has 0 bridgehead atoms.